The van der Waals surface area contributed by atoms with E-state index in [-0.39, 0.29) is 48.5 Å². The minimum atomic E-state index is -1.83. The van der Waals surface area contributed by atoms with Crippen LogP contribution in [0.1, 0.15) is 122 Å². The van der Waals surface area contributed by atoms with Gasteiger partial charge in [-0.05, 0) is 105 Å². The van der Waals surface area contributed by atoms with Crippen molar-refractivity contribution in [3.8, 4) is 66.8 Å². The molecule has 0 unspecified atom stereocenters. The van der Waals surface area contributed by atoms with Crippen molar-refractivity contribution in [1.29, 1.82) is 0 Å². The molecule has 0 atom stereocenters. The molecule has 0 spiro atoms. The number of aryl methyl sites for hydroxylation is 3. The molecule has 0 fully saturated rings. The van der Waals surface area contributed by atoms with Crippen LogP contribution in [0.25, 0.3) is 82.1 Å². The zero-order chi connectivity index (χ0) is 52.2. The molecule has 380 valence electrons. The Morgan fingerprint density at radius 2 is 1.22 bits per heavy atom. The van der Waals surface area contributed by atoms with Gasteiger partial charge < -0.3 is 5.11 Å². The molecular formula is C66H74N3OPtSSi-. The van der Waals surface area contributed by atoms with Crippen LogP contribution in [0.3, 0.4) is 0 Å². The Bertz CT molecular complexity index is 3560. The molecule has 0 saturated heterocycles. The average molecular weight is 1180 g/mol. The summed E-state index contributed by atoms with van der Waals surface area (Å²) in [5.74, 6) is 0.959. The quantitative estimate of drug-likeness (QED) is 0.128. The number of aromatic hydroxyl groups is 1. The summed E-state index contributed by atoms with van der Waals surface area (Å²) < 4.78 is 3.54. The Hall–Kier alpha value is -5.39. The Morgan fingerprint density at radius 3 is 1.82 bits per heavy atom. The number of phenolic OH excluding ortho intramolecular Hbond substituents is 1. The van der Waals surface area contributed by atoms with Crippen molar-refractivity contribution in [2.75, 3.05) is 0 Å². The zero-order valence-electron chi connectivity index (χ0n) is 46.5. The van der Waals surface area contributed by atoms with Crippen molar-refractivity contribution in [3.05, 3.63) is 160 Å². The van der Waals surface area contributed by atoms with Gasteiger partial charge in [-0.25, -0.2) is 4.98 Å². The summed E-state index contributed by atoms with van der Waals surface area (Å²) in [7, 11) is -1.83. The zero-order valence-corrected chi connectivity index (χ0v) is 50.6. The molecule has 3 heterocycles. The molecule has 1 N–H and O–H groups in total. The number of nitrogens with zero attached hydrogens (tertiary/aromatic N) is 3. The van der Waals surface area contributed by atoms with E-state index in [1.165, 1.54) is 48.0 Å². The SMILES string of the molecule is Cc1cc(C)c(-n2c(-c3cc(C(C)(C)C)cc(C(C)(C)C)c3O)nc3c(-c4[c-]c(-c5ncc([Si](C)(C)C)c6c(C)c(-c7ccc(C(C)(C)C)cc7)sc56)cc(C(C)(C)C)c4)cccc32)c(-c2ccccc2)c1.[Pt]. The maximum atomic E-state index is 12.7. The van der Waals surface area contributed by atoms with Gasteiger partial charge in [-0.3, -0.25) is 9.55 Å². The molecule has 9 rings (SSSR count). The predicted molar refractivity (Wildman–Crippen MR) is 314 cm³/mol. The first-order valence-corrected chi connectivity index (χ1v) is 30.0. The number of hydrogen-bond acceptors (Lipinski definition) is 4. The Labute approximate surface area is 455 Å². The average Bonchev–Trinajstić information content (AvgIpc) is 3.85. The van der Waals surface area contributed by atoms with Crippen LogP contribution in [0.5, 0.6) is 5.75 Å². The van der Waals surface area contributed by atoms with Gasteiger partial charge in [-0.15, -0.1) is 40.7 Å². The number of hydrogen-bond donors (Lipinski definition) is 1. The molecule has 0 saturated carbocycles. The van der Waals surface area contributed by atoms with Crippen LogP contribution in [-0.4, -0.2) is 27.7 Å². The van der Waals surface area contributed by atoms with Gasteiger partial charge in [0.25, 0.3) is 0 Å². The van der Waals surface area contributed by atoms with Crippen LogP contribution in [0, 0.1) is 26.8 Å². The summed E-state index contributed by atoms with van der Waals surface area (Å²) >= 11 is 1.87. The number of fused-ring (bicyclic) bond motifs is 2. The maximum absolute atomic E-state index is 12.7. The van der Waals surface area contributed by atoms with Gasteiger partial charge in [0, 0.05) is 53.7 Å². The number of pyridine rings is 1. The van der Waals surface area contributed by atoms with E-state index in [2.05, 4.69) is 250 Å². The molecule has 0 aliphatic heterocycles. The van der Waals surface area contributed by atoms with E-state index in [0.717, 1.165) is 66.9 Å². The molecule has 9 aromatic rings. The van der Waals surface area contributed by atoms with Crippen molar-refractivity contribution in [1.82, 2.24) is 14.5 Å². The van der Waals surface area contributed by atoms with E-state index in [0.29, 0.717) is 11.4 Å². The number of rotatable bonds is 7. The second kappa shape index (κ2) is 19.1. The van der Waals surface area contributed by atoms with Crippen LogP contribution >= 0.6 is 11.3 Å². The summed E-state index contributed by atoms with van der Waals surface area (Å²) in [4.78, 5) is 12.5. The first-order valence-electron chi connectivity index (χ1n) is 25.7. The second-order valence-electron chi connectivity index (χ2n) is 25.5. The Morgan fingerprint density at radius 1 is 0.603 bits per heavy atom. The number of benzene rings is 6. The smallest absolute Gasteiger partial charge is 0.148 e. The summed E-state index contributed by atoms with van der Waals surface area (Å²) in [5, 5.41) is 15.4. The Balaban J connectivity index is 0.00000711. The van der Waals surface area contributed by atoms with Crippen molar-refractivity contribution in [2.24, 2.45) is 0 Å². The van der Waals surface area contributed by atoms with Gasteiger partial charge in [0.05, 0.1) is 30.4 Å². The minimum absolute atomic E-state index is 0. The molecule has 0 aliphatic carbocycles. The maximum Gasteiger partial charge on any atom is 0.148 e. The van der Waals surface area contributed by atoms with Gasteiger partial charge in [-0.1, -0.05) is 198 Å². The molecule has 0 amide bonds. The monoisotopic (exact) mass is 1180 g/mol. The standard InChI is InChI=1S/C66H74N3OSSi.Pt/c1-39-31-40(2)58(50(32-39)42-23-20-19-21-24-42)69-53-26-22-25-49(57(53)68-62(69)51-36-48(65(10,11)12)37-52(59(51)70)66(13,14)15)44-33-45(35-47(34-44)64(7,8)9)56-61-55(54(38-67-56)72(16,17)18)41(3)60(71-61)43-27-29-46(30-28-43)63(4,5)6;/h19-32,34-38,70H,1-18H3;/q-1;. The van der Waals surface area contributed by atoms with Crippen LogP contribution in [0.2, 0.25) is 19.6 Å². The van der Waals surface area contributed by atoms with Crippen LogP contribution in [0.15, 0.2) is 115 Å². The van der Waals surface area contributed by atoms with Crippen molar-refractivity contribution in [2.45, 2.75) is 145 Å². The summed E-state index contributed by atoms with van der Waals surface area (Å²) in [6, 6.07) is 44.0. The number of phenols is 1. The molecule has 0 bridgehead atoms. The summed E-state index contributed by atoms with van der Waals surface area (Å²) in [5.41, 5.74) is 18.5. The molecule has 73 heavy (non-hydrogen) atoms. The molecular weight excluding hydrogens is 1110 g/mol. The number of imidazole rings is 1. The van der Waals surface area contributed by atoms with Crippen LogP contribution in [-0.2, 0) is 42.7 Å². The molecule has 6 aromatic carbocycles. The fourth-order valence-corrected chi connectivity index (χ4v) is 13.3. The van der Waals surface area contributed by atoms with Crippen LogP contribution in [0.4, 0.5) is 0 Å². The van der Waals surface area contributed by atoms with E-state index in [9.17, 15) is 5.11 Å². The molecule has 0 radical (unpaired) electrons. The largest absolute Gasteiger partial charge is 0.507 e. The first-order chi connectivity index (χ1) is 33.5. The van der Waals surface area contributed by atoms with E-state index < -0.39 is 8.07 Å². The third kappa shape index (κ3) is 10.1. The number of thiophene rings is 1. The minimum Gasteiger partial charge on any atom is -0.507 e. The second-order valence-corrected chi connectivity index (χ2v) is 31.6. The molecule has 4 nitrogen and oxygen atoms in total. The summed E-state index contributed by atoms with van der Waals surface area (Å²) in [6.07, 6.45) is 2.18. The Kier molecular flexibility index (Phi) is 14.1. The normalized spacial score (nSPS) is 12.7. The van der Waals surface area contributed by atoms with E-state index >= 15 is 0 Å². The molecule has 0 aliphatic rings. The first kappa shape index (κ1) is 53.9. The fraction of sp³-hybridized carbons (Fsp3) is 0.333. The van der Waals surface area contributed by atoms with Gasteiger partial charge >= 0.3 is 0 Å². The van der Waals surface area contributed by atoms with Crippen molar-refractivity contribution >= 4 is 45.7 Å². The van der Waals surface area contributed by atoms with Gasteiger partial charge in [0.15, 0.2) is 0 Å². The number of para-hydroxylation sites is 1. The third-order valence-electron chi connectivity index (χ3n) is 14.5. The van der Waals surface area contributed by atoms with E-state index in [1.54, 1.807) is 0 Å². The summed E-state index contributed by atoms with van der Waals surface area (Å²) in [6.45, 7) is 40.9. The van der Waals surface area contributed by atoms with Crippen molar-refractivity contribution in [3.63, 3.8) is 0 Å². The van der Waals surface area contributed by atoms with E-state index in [4.69, 9.17) is 9.97 Å². The topological polar surface area (TPSA) is 50.9 Å². The molecule has 7 heteroatoms. The van der Waals surface area contributed by atoms with E-state index in [1.807, 2.05) is 11.3 Å². The van der Waals surface area contributed by atoms with Gasteiger partial charge in [0.1, 0.15) is 11.6 Å². The fourth-order valence-electron chi connectivity index (χ4n) is 10.3. The van der Waals surface area contributed by atoms with Crippen LogP contribution < -0.4 is 5.19 Å². The number of aromatic nitrogens is 3. The predicted octanol–water partition coefficient (Wildman–Crippen LogP) is 18.1. The molecule has 3 aromatic heterocycles. The van der Waals surface area contributed by atoms with Crippen molar-refractivity contribution < 1.29 is 26.2 Å². The third-order valence-corrected chi connectivity index (χ3v) is 17.9. The van der Waals surface area contributed by atoms with Gasteiger partial charge in [-0.2, -0.15) is 0 Å². The van der Waals surface area contributed by atoms with Gasteiger partial charge in [0.2, 0.25) is 0 Å².